The van der Waals surface area contributed by atoms with Crippen LogP contribution in [0.25, 0.3) is 0 Å². The van der Waals surface area contributed by atoms with Gasteiger partial charge in [0.25, 0.3) is 0 Å². The van der Waals surface area contributed by atoms with E-state index in [9.17, 15) is 0 Å². The first-order chi connectivity index (χ1) is 7.28. The first kappa shape index (κ1) is 14.4. The lowest BCUT2D eigenvalue weighted by Crippen LogP contribution is -2.26. The van der Waals surface area contributed by atoms with E-state index in [1.165, 1.54) is 0 Å². The highest BCUT2D eigenvalue weighted by molar-refractivity contribution is 6.25. The molecule has 0 rings (SSSR count). The monoisotopic (exact) mass is 229 g/mol. The van der Waals surface area contributed by atoms with Gasteiger partial charge in [-0.15, -0.1) is 13.2 Å². The molecule has 0 unspecified atom stereocenters. The number of aliphatic hydroxyl groups is 1. The SMILES string of the molecule is C=CCN(CC=C)CC(=CCl)CCCO. The van der Waals surface area contributed by atoms with E-state index < -0.39 is 0 Å². The molecule has 15 heavy (non-hydrogen) atoms. The number of hydrogen-bond acceptors (Lipinski definition) is 2. The lowest BCUT2D eigenvalue weighted by molar-refractivity contribution is 0.285. The molecule has 86 valence electrons. The largest absolute Gasteiger partial charge is 0.396 e. The number of aliphatic hydroxyl groups excluding tert-OH is 1. The van der Waals surface area contributed by atoms with Gasteiger partial charge in [0.2, 0.25) is 0 Å². The van der Waals surface area contributed by atoms with Crippen LogP contribution in [-0.2, 0) is 0 Å². The van der Waals surface area contributed by atoms with Crippen LogP contribution in [0.1, 0.15) is 12.8 Å². The molecular formula is C12H20ClNO. The Bertz CT molecular complexity index is 204. The molecule has 0 aromatic rings. The van der Waals surface area contributed by atoms with Gasteiger partial charge in [0.15, 0.2) is 0 Å². The summed E-state index contributed by atoms with van der Waals surface area (Å²) in [5.74, 6) is 0. The number of halogens is 1. The van der Waals surface area contributed by atoms with E-state index in [0.29, 0.717) is 0 Å². The summed E-state index contributed by atoms with van der Waals surface area (Å²) in [6.45, 7) is 10.1. The van der Waals surface area contributed by atoms with Crippen molar-refractivity contribution in [2.75, 3.05) is 26.2 Å². The summed E-state index contributed by atoms with van der Waals surface area (Å²) in [4.78, 5) is 2.19. The molecule has 0 bridgehead atoms. The molecule has 0 aliphatic rings. The summed E-state index contributed by atoms with van der Waals surface area (Å²) >= 11 is 5.73. The van der Waals surface area contributed by atoms with Gasteiger partial charge in [-0.1, -0.05) is 23.8 Å². The lowest BCUT2D eigenvalue weighted by Gasteiger charge is -2.20. The van der Waals surface area contributed by atoms with E-state index in [4.69, 9.17) is 16.7 Å². The van der Waals surface area contributed by atoms with Crippen molar-refractivity contribution in [3.63, 3.8) is 0 Å². The van der Waals surface area contributed by atoms with Crippen LogP contribution in [0, 0.1) is 0 Å². The van der Waals surface area contributed by atoms with Crippen molar-refractivity contribution in [1.29, 1.82) is 0 Å². The van der Waals surface area contributed by atoms with Gasteiger partial charge < -0.3 is 5.11 Å². The summed E-state index contributed by atoms with van der Waals surface area (Å²) in [7, 11) is 0. The van der Waals surface area contributed by atoms with Gasteiger partial charge in [0.1, 0.15) is 0 Å². The van der Waals surface area contributed by atoms with E-state index in [0.717, 1.165) is 38.0 Å². The van der Waals surface area contributed by atoms with E-state index in [-0.39, 0.29) is 6.61 Å². The maximum atomic E-state index is 8.74. The van der Waals surface area contributed by atoms with E-state index >= 15 is 0 Å². The Hall–Kier alpha value is -0.570. The number of nitrogens with zero attached hydrogens (tertiary/aromatic N) is 1. The van der Waals surface area contributed by atoms with Crippen LogP contribution in [0.4, 0.5) is 0 Å². The van der Waals surface area contributed by atoms with Crippen LogP contribution in [-0.4, -0.2) is 36.2 Å². The molecule has 0 saturated heterocycles. The summed E-state index contributed by atoms with van der Waals surface area (Å²) in [6.07, 6.45) is 5.32. The average molecular weight is 230 g/mol. The van der Waals surface area contributed by atoms with Crippen molar-refractivity contribution < 1.29 is 5.11 Å². The van der Waals surface area contributed by atoms with Crippen molar-refractivity contribution in [3.8, 4) is 0 Å². The topological polar surface area (TPSA) is 23.5 Å². The third-order valence-corrected chi connectivity index (χ3v) is 2.32. The van der Waals surface area contributed by atoms with Gasteiger partial charge in [0, 0.05) is 31.8 Å². The zero-order valence-electron chi connectivity index (χ0n) is 9.16. The summed E-state index contributed by atoms with van der Waals surface area (Å²) in [5.41, 5.74) is 2.74. The maximum absolute atomic E-state index is 8.74. The third-order valence-electron chi connectivity index (χ3n) is 2.01. The second kappa shape index (κ2) is 9.97. The van der Waals surface area contributed by atoms with Crippen LogP contribution in [0.15, 0.2) is 36.4 Å². The smallest absolute Gasteiger partial charge is 0.0434 e. The van der Waals surface area contributed by atoms with Crippen LogP contribution in [0.2, 0.25) is 0 Å². The zero-order valence-corrected chi connectivity index (χ0v) is 9.92. The predicted octanol–water partition coefficient (Wildman–Crippen LogP) is 2.56. The molecule has 0 radical (unpaired) electrons. The van der Waals surface area contributed by atoms with E-state index in [2.05, 4.69) is 18.1 Å². The Morgan fingerprint density at radius 3 is 2.27 bits per heavy atom. The second-order valence-corrected chi connectivity index (χ2v) is 3.58. The molecule has 3 heteroatoms. The fourth-order valence-corrected chi connectivity index (χ4v) is 1.51. The van der Waals surface area contributed by atoms with Crippen molar-refractivity contribution in [2.45, 2.75) is 12.8 Å². The van der Waals surface area contributed by atoms with Gasteiger partial charge in [-0.3, -0.25) is 4.90 Å². The summed E-state index contributed by atoms with van der Waals surface area (Å²) < 4.78 is 0. The van der Waals surface area contributed by atoms with Gasteiger partial charge in [-0.25, -0.2) is 0 Å². The van der Waals surface area contributed by atoms with Gasteiger partial charge in [-0.2, -0.15) is 0 Å². The molecule has 0 aromatic heterocycles. The lowest BCUT2D eigenvalue weighted by atomic mass is 10.1. The maximum Gasteiger partial charge on any atom is 0.0434 e. The average Bonchev–Trinajstić information content (AvgIpc) is 2.24. The van der Waals surface area contributed by atoms with Crippen molar-refractivity contribution in [1.82, 2.24) is 4.90 Å². The minimum atomic E-state index is 0.206. The van der Waals surface area contributed by atoms with Crippen molar-refractivity contribution in [2.24, 2.45) is 0 Å². The Labute approximate surface area is 97.5 Å². The highest BCUT2D eigenvalue weighted by Gasteiger charge is 2.04. The Morgan fingerprint density at radius 1 is 1.27 bits per heavy atom. The minimum Gasteiger partial charge on any atom is -0.396 e. The first-order valence-corrected chi connectivity index (χ1v) is 5.55. The van der Waals surface area contributed by atoms with Crippen LogP contribution in [0.5, 0.6) is 0 Å². The third kappa shape index (κ3) is 7.37. The first-order valence-electron chi connectivity index (χ1n) is 5.11. The molecule has 2 nitrogen and oxygen atoms in total. The zero-order chi connectivity index (χ0) is 11.5. The molecule has 0 amide bonds. The van der Waals surface area contributed by atoms with Crippen LogP contribution >= 0.6 is 11.6 Å². The van der Waals surface area contributed by atoms with E-state index in [1.807, 2.05) is 12.2 Å². The van der Waals surface area contributed by atoms with Gasteiger partial charge >= 0.3 is 0 Å². The van der Waals surface area contributed by atoms with E-state index in [1.54, 1.807) is 5.54 Å². The van der Waals surface area contributed by atoms with Crippen LogP contribution < -0.4 is 0 Å². The molecule has 1 N–H and O–H groups in total. The number of rotatable bonds is 9. The molecule has 0 fully saturated rings. The highest BCUT2D eigenvalue weighted by atomic mass is 35.5. The Balaban J connectivity index is 4.09. The molecular weight excluding hydrogens is 210 g/mol. The highest BCUT2D eigenvalue weighted by Crippen LogP contribution is 2.09. The molecule has 0 heterocycles. The predicted molar refractivity (Wildman–Crippen MR) is 67.1 cm³/mol. The van der Waals surface area contributed by atoms with Crippen molar-refractivity contribution >= 4 is 11.6 Å². The van der Waals surface area contributed by atoms with Crippen molar-refractivity contribution in [3.05, 3.63) is 36.4 Å². The second-order valence-electron chi connectivity index (χ2n) is 3.37. The molecule has 0 atom stereocenters. The summed E-state index contributed by atoms with van der Waals surface area (Å²) in [6, 6.07) is 0. The van der Waals surface area contributed by atoms with Crippen LogP contribution in [0.3, 0.4) is 0 Å². The van der Waals surface area contributed by atoms with Gasteiger partial charge in [0.05, 0.1) is 0 Å². The molecule has 0 aliphatic heterocycles. The van der Waals surface area contributed by atoms with Gasteiger partial charge in [-0.05, 0) is 18.4 Å². The Morgan fingerprint density at radius 2 is 1.87 bits per heavy atom. The summed E-state index contributed by atoms with van der Waals surface area (Å²) in [5, 5.41) is 8.74. The normalized spacial score (nSPS) is 11.8. The Kier molecular flexibility index (Phi) is 9.59. The quantitative estimate of drug-likeness (QED) is 0.615. The fraction of sp³-hybridized carbons (Fsp3) is 0.500. The minimum absolute atomic E-state index is 0.206. The fourth-order valence-electron chi connectivity index (χ4n) is 1.33. The number of hydrogen-bond donors (Lipinski definition) is 1. The molecule has 0 aliphatic carbocycles. The molecule has 0 aromatic carbocycles. The molecule has 0 spiro atoms. The molecule has 0 saturated carbocycles. The standard InChI is InChI=1S/C12H20ClNO/c1-3-7-14(8-4-2)11-12(10-13)6-5-9-15/h3-4,10,15H,1-2,5-9,11H2.